The van der Waals surface area contributed by atoms with Crippen molar-refractivity contribution in [2.75, 3.05) is 0 Å². The highest BCUT2D eigenvalue weighted by Crippen LogP contribution is 2.31. The van der Waals surface area contributed by atoms with Gasteiger partial charge in [-0.15, -0.1) is 11.3 Å². The molecule has 0 aliphatic heterocycles. The zero-order chi connectivity index (χ0) is 14.7. The van der Waals surface area contributed by atoms with E-state index in [1.165, 1.54) is 17.4 Å². The van der Waals surface area contributed by atoms with Gasteiger partial charge in [0.05, 0.1) is 11.6 Å². The summed E-state index contributed by atoms with van der Waals surface area (Å²) in [5.41, 5.74) is 2.78. The van der Waals surface area contributed by atoms with E-state index in [1.54, 1.807) is 6.07 Å². The Balaban J connectivity index is 2.25. The van der Waals surface area contributed by atoms with Gasteiger partial charge < -0.3 is 13.9 Å². The number of nitrogens with zero attached hydrogens (tertiary/aromatic N) is 1. The second kappa shape index (κ2) is 4.11. The van der Waals surface area contributed by atoms with Crippen molar-refractivity contribution in [1.29, 1.82) is 0 Å². The summed E-state index contributed by atoms with van der Waals surface area (Å²) in [6, 6.07) is 3.27. The van der Waals surface area contributed by atoms with E-state index in [9.17, 15) is 9.90 Å². The number of benzene rings is 1. The van der Waals surface area contributed by atoms with Crippen LogP contribution < -0.4 is 5.43 Å². The molecule has 0 aliphatic rings. The van der Waals surface area contributed by atoms with E-state index in [0.29, 0.717) is 28.4 Å². The minimum Gasteiger partial charge on any atom is -0.508 e. The molecular weight excluding hydrogens is 286 g/mol. The smallest absolute Gasteiger partial charge is 0.203 e. The molecule has 0 radical (unpaired) electrons. The van der Waals surface area contributed by atoms with Crippen molar-refractivity contribution < 1.29 is 9.52 Å². The first-order valence-electron chi connectivity index (χ1n) is 6.77. The highest BCUT2D eigenvalue weighted by Gasteiger charge is 2.16. The van der Waals surface area contributed by atoms with Gasteiger partial charge >= 0.3 is 0 Å². The number of phenolic OH excluding ortho intramolecular Hbond substituents is 1. The van der Waals surface area contributed by atoms with Gasteiger partial charge in [0.15, 0.2) is 5.58 Å². The van der Waals surface area contributed by atoms with E-state index in [4.69, 9.17) is 4.42 Å². The third-order valence-corrected chi connectivity index (χ3v) is 4.98. The summed E-state index contributed by atoms with van der Waals surface area (Å²) in [5.74, 6) is 0.171. The molecular formula is C16H13NO3S. The van der Waals surface area contributed by atoms with E-state index in [2.05, 4.69) is 0 Å². The van der Waals surface area contributed by atoms with Crippen molar-refractivity contribution in [1.82, 2.24) is 4.40 Å². The molecule has 0 unspecified atom stereocenters. The highest BCUT2D eigenvalue weighted by atomic mass is 32.1. The number of thiazole rings is 1. The number of aromatic hydroxyl groups is 1. The lowest BCUT2D eigenvalue weighted by molar-refractivity contribution is 0.468. The first kappa shape index (κ1) is 12.5. The van der Waals surface area contributed by atoms with Crippen molar-refractivity contribution in [3.63, 3.8) is 0 Å². The number of phenols is 1. The molecule has 4 rings (SSSR count). The van der Waals surface area contributed by atoms with Gasteiger partial charge in [0.25, 0.3) is 0 Å². The van der Waals surface area contributed by atoms with E-state index in [-0.39, 0.29) is 11.2 Å². The largest absolute Gasteiger partial charge is 0.508 e. The van der Waals surface area contributed by atoms with Crippen LogP contribution in [0.4, 0.5) is 0 Å². The molecule has 0 bridgehead atoms. The predicted molar refractivity (Wildman–Crippen MR) is 84.6 cm³/mol. The molecule has 5 heteroatoms. The van der Waals surface area contributed by atoms with E-state index in [1.807, 2.05) is 29.8 Å². The lowest BCUT2D eigenvalue weighted by Crippen LogP contribution is -2.01. The van der Waals surface area contributed by atoms with E-state index >= 15 is 0 Å². The number of aromatic nitrogens is 1. The predicted octanol–water partition coefficient (Wildman–Crippen LogP) is 3.84. The maximum absolute atomic E-state index is 12.8. The Kier molecular flexibility index (Phi) is 2.44. The molecule has 0 saturated heterocycles. The Hall–Kier alpha value is -2.27. The standard InChI is InChI=1S/C16H13NO3S/c1-3-9-4-10-12(5-11(9)18)20-13-6-17-8(2)7-21-16(17)14(13)15(10)19/h4-7,18H,3H2,1-2H3. The normalized spacial score (nSPS) is 11.9. The summed E-state index contributed by atoms with van der Waals surface area (Å²) in [6.45, 7) is 3.94. The molecule has 0 amide bonds. The molecule has 106 valence electrons. The first-order valence-corrected chi connectivity index (χ1v) is 7.65. The van der Waals surface area contributed by atoms with Crippen LogP contribution in [0, 0.1) is 6.92 Å². The Bertz CT molecular complexity index is 1070. The monoisotopic (exact) mass is 299 g/mol. The van der Waals surface area contributed by atoms with Gasteiger partial charge in [-0.1, -0.05) is 6.92 Å². The Morgan fingerprint density at radius 3 is 2.90 bits per heavy atom. The fourth-order valence-corrected chi connectivity index (χ4v) is 3.76. The van der Waals surface area contributed by atoms with Crippen LogP contribution in [0.1, 0.15) is 18.2 Å². The molecule has 1 aromatic carbocycles. The lowest BCUT2D eigenvalue weighted by atomic mass is 10.1. The zero-order valence-electron chi connectivity index (χ0n) is 11.6. The van der Waals surface area contributed by atoms with Crippen LogP contribution in [-0.2, 0) is 6.42 Å². The van der Waals surface area contributed by atoms with Gasteiger partial charge in [-0.05, 0) is 25.0 Å². The summed E-state index contributed by atoms with van der Waals surface area (Å²) in [7, 11) is 0. The lowest BCUT2D eigenvalue weighted by Gasteiger charge is -2.04. The number of rotatable bonds is 1. The zero-order valence-corrected chi connectivity index (χ0v) is 12.5. The van der Waals surface area contributed by atoms with Crippen molar-refractivity contribution in [2.45, 2.75) is 20.3 Å². The SMILES string of the molecule is CCc1cc2c(=O)c3c(cn4c(C)csc34)oc2cc1O. The minimum absolute atomic E-state index is 0.0368. The second-order valence-corrected chi connectivity index (χ2v) is 6.04. The van der Waals surface area contributed by atoms with Crippen LogP contribution in [-0.4, -0.2) is 9.51 Å². The molecule has 0 spiro atoms. The van der Waals surface area contributed by atoms with Crippen molar-refractivity contribution >= 4 is 38.1 Å². The summed E-state index contributed by atoms with van der Waals surface area (Å²) in [4.78, 5) is 13.7. The third kappa shape index (κ3) is 1.58. The summed E-state index contributed by atoms with van der Waals surface area (Å²) in [6.07, 6.45) is 2.50. The maximum Gasteiger partial charge on any atom is 0.203 e. The Morgan fingerprint density at radius 2 is 2.14 bits per heavy atom. The van der Waals surface area contributed by atoms with Crippen molar-refractivity contribution in [3.05, 3.63) is 45.2 Å². The molecule has 0 aliphatic carbocycles. The number of aryl methyl sites for hydroxylation is 2. The average molecular weight is 299 g/mol. The van der Waals surface area contributed by atoms with Gasteiger partial charge in [0, 0.05) is 17.1 Å². The van der Waals surface area contributed by atoms with Gasteiger partial charge in [-0.3, -0.25) is 4.79 Å². The molecule has 0 saturated carbocycles. The van der Waals surface area contributed by atoms with E-state index < -0.39 is 0 Å². The average Bonchev–Trinajstić information content (AvgIpc) is 2.98. The summed E-state index contributed by atoms with van der Waals surface area (Å²) >= 11 is 1.54. The van der Waals surface area contributed by atoms with E-state index in [0.717, 1.165) is 16.1 Å². The number of hydrogen-bond acceptors (Lipinski definition) is 4. The molecule has 0 atom stereocenters. The second-order valence-electron chi connectivity index (χ2n) is 5.18. The molecule has 4 aromatic rings. The van der Waals surface area contributed by atoms with Gasteiger partial charge in [-0.2, -0.15) is 0 Å². The fraction of sp³-hybridized carbons (Fsp3) is 0.188. The molecule has 0 fully saturated rings. The number of fused-ring (bicyclic) bond motifs is 4. The summed E-state index contributed by atoms with van der Waals surface area (Å²) < 4.78 is 7.80. The first-order chi connectivity index (χ1) is 10.1. The molecule has 3 aromatic heterocycles. The molecule has 1 N–H and O–H groups in total. The fourth-order valence-electron chi connectivity index (χ4n) is 2.74. The topological polar surface area (TPSA) is 54.9 Å². The van der Waals surface area contributed by atoms with Crippen LogP contribution in [0.3, 0.4) is 0 Å². The van der Waals surface area contributed by atoms with Crippen LogP contribution >= 0.6 is 11.3 Å². The maximum atomic E-state index is 12.8. The molecule has 3 heterocycles. The van der Waals surface area contributed by atoms with Gasteiger partial charge in [-0.25, -0.2) is 0 Å². The molecule has 21 heavy (non-hydrogen) atoms. The summed E-state index contributed by atoms with van der Waals surface area (Å²) in [5, 5.41) is 13.1. The Labute approximate surface area is 123 Å². The van der Waals surface area contributed by atoms with Gasteiger partial charge in [0.1, 0.15) is 21.5 Å². The Morgan fingerprint density at radius 1 is 1.33 bits per heavy atom. The molecule has 4 nitrogen and oxygen atoms in total. The van der Waals surface area contributed by atoms with Gasteiger partial charge in [0.2, 0.25) is 5.43 Å². The highest BCUT2D eigenvalue weighted by molar-refractivity contribution is 7.16. The van der Waals surface area contributed by atoms with Crippen LogP contribution in [0.5, 0.6) is 5.75 Å². The van der Waals surface area contributed by atoms with Crippen molar-refractivity contribution in [2.24, 2.45) is 0 Å². The quantitative estimate of drug-likeness (QED) is 0.581. The minimum atomic E-state index is -0.0368. The third-order valence-electron chi connectivity index (χ3n) is 3.90. The van der Waals surface area contributed by atoms with Crippen molar-refractivity contribution in [3.8, 4) is 5.75 Å². The van der Waals surface area contributed by atoms with Crippen LogP contribution in [0.2, 0.25) is 0 Å². The van der Waals surface area contributed by atoms with Crippen LogP contribution in [0.25, 0.3) is 26.8 Å². The number of hydrogen-bond donors (Lipinski definition) is 1. The van der Waals surface area contributed by atoms with Crippen LogP contribution in [0.15, 0.2) is 32.9 Å².